The van der Waals surface area contributed by atoms with Crippen LogP contribution in [-0.4, -0.2) is 21.8 Å². The van der Waals surface area contributed by atoms with E-state index in [1.54, 1.807) is 43.3 Å². The molecule has 0 fully saturated rings. The summed E-state index contributed by atoms with van der Waals surface area (Å²) in [5.41, 5.74) is 7.75. The van der Waals surface area contributed by atoms with Crippen molar-refractivity contribution < 1.29 is 22.8 Å². The molecule has 5 N–H and O–H groups in total. The first-order chi connectivity index (χ1) is 15.6. The number of fused-ring (bicyclic) bond motifs is 1. The van der Waals surface area contributed by atoms with Gasteiger partial charge in [-0.3, -0.25) is 9.59 Å². The third kappa shape index (κ3) is 4.86. The van der Waals surface area contributed by atoms with E-state index in [1.165, 1.54) is 0 Å². The first kappa shape index (κ1) is 22.1. The Morgan fingerprint density at radius 1 is 1.21 bits per heavy atom. The number of aryl methyl sites for hydroxylation is 1. The zero-order valence-electron chi connectivity index (χ0n) is 17.4. The fourth-order valence-electron chi connectivity index (χ4n) is 3.47. The highest BCUT2D eigenvalue weighted by Gasteiger charge is 2.35. The molecule has 0 radical (unpaired) electrons. The maximum Gasteiger partial charge on any atom is 0.421 e. The van der Waals surface area contributed by atoms with Gasteiger partial charge in [0.2, 0.25) is 17.8 Å². The lowest BCUT2D eigenvalue weighted by Crippen LogP contribution is -2.18. The van der Waals surface area contributed by atoms with Gasteiger partial charge in [0.1, 0.15) is 11.4 Å². The summed E-state index contributed by atoms with van der Waals surface area (Å²) in [6.45, 7) is 1.67. The van der Waals surface area contributed by atoms with Crippen molar-refractivity contribution >= 4 is 35.0 Å². The van der Waals surface area contributed by atoms with Crippen LogP contribution in [0.2, 0.25) is 0 Å². The van der Waals surface area contributed by atoms with Crippen molar-refractivity contribution in [2.24, 2.45) is 5.73 Å². The zero-order valence-corrected chi connectivity index (χ0v) is 17.4. The van der Waals surface area contributed by atoms with Crippen LogP contribution in [0.1, 0.15) is 32.6 Å². The first-order valence-corrected chi connectivity index (χ1v) is 9.87. The minimum absolute atomic E-state index is 0.0678. The number of benzene rings is 2. The van der Waals surface area contributed by atoms with Crippen molar-refractivity contribution in [1.29, 1.82) is 0 Å². The Hall–Kier alpha value is -4.15. The van der Waals surface area contributed by atoms with Gasteiger partial charge in [0, 0.05) is 29.7 Å². The summed E-state index contributed by atoms with van der Waals surface area (Å²) in [6.07, 6.45) is -3.80. The van der Waals surface area contributed by atoms with Crippen molar-refractivity contribution in [3.05, 3.63) is 70.4 Å². The lowest BCUT2D eigenvalue weighted by molar-refractivity contribution is -0.137. The summed E-state index contributed by atoms with van der Waals surface area (Å²) in [4.78, 5) is 31.0. The van der Waals surface area contributed by atoms with E-state index in [1.807, 2.05) is 0 Å². The molecule has 0 saturated carbocycles. The summed E-state index contributed by atoms with van der Waals surface area (Å²) < 4.78 is 40.6. The van der Waals surface area contributed by atoms with Crippen molar-refractivity contribution in [3.63, 3.8) is 0 Å². The van der Waals surface area contributed by atoms with Crippen LogP contribution in [0.3, 0.4) is 0 Å². The number of hydrogen-bond acceptors (Lipinski definition) is 6. The molecule has 4 rings (SSSR count). The molecule has 0 unspecified atom stereocenters. The molecule has 2 aromatic carbocycles. The summed E-state index contributed by atoms with van der Waals surface area (Å²) in [6, 6.07) is 9.97. The largest absolute Gasteiger partial charge is 0.421 e. The molecule has 1 aromatic heterocycles. The lowest BCUT2D eigenvalue weighted by Gasteiger charge is -2.16. The number of nitrogens with zero attached hydrogens (tertiary/aromatic N) is 2. The number of halogens is 3. The first-order valence-electron chi connectivity index (χ1n) is 9.87. The second kappa shape index (κ2) is 8.41. The van der Waals surface area contributed by atoms with Crippen molar-refractivity contribution in [2.75, 3.05) is 16.0 Å². The van der Waals surface area contributed by atoms with Crippen molar-refractivity contribution in [3.8, 4) is 0 Å². The van der Waals surface area contributed by atoms with E-state index >= 15 is 0 Å². The van der Waals surface area contributed by atoms with Crippen molar-refractivity contribution in [1.82, 2.24) is 9.97 Å². The highest BCUT2D eigenvalue weighted by atomic mass is 19.4. The molecule has 1 aliphatic heterocycles. The highest BCUT2D eigenvalue weighted by molar-refractivity contribution is 5.99. The van der Waals surface area contributed by atoms with E-state index in [0.717, 1.165) is 11.1 Å². The molecule has 0 saturated heterocycles. The van der Waals surface area contributed by atoms with Crippen LogP contribution in [0.15, 0.2) is 42.6 Å². The SMILES string of the molecule is Cc1ccc(CNc2nc(Nc3ccc4c(c3)CC(=O)N4)ncc2C(F)(F)F)c(C(N)=O)c1. The molecule has 3 aromatic rings. The molecule has 8 nitrogen and oxygen atoms in total. The number of hydrogen-bond donors (Lipinski definition) is 4. The van der Waals surface area contributed by atoms with Crippen molar-refractivity contribution in [2.45, 2.75) is 26.1 Å². The Morgan fingerprint density at radius 2 is 2.00 bits per heavy atom. The normalized spacial score (nSPS) is 12.8. The van der Waals surface area contributed by atoms with Crippen LogP contribution in [0, 0.1) is 6.92 Å². The van der Waals surface area contributed by atoms with Gasteiger partial charge in [-0.2, -0.15) is 18.2 Å². The fourth-order valence-corrected chi connectivity index (χ4v) is 3.47. The van der Waals surface area contributed by atoms with Gasteiger partial charge in [0.05, 0.1) is 6.42 Å². The van der Waals surface area contributed by atoms with Gasteiger partial charge in [-0.05, 0) is 42.3 Å². The van der Waals surface area contributed by atoms with E-state index in [9.17, 15) is 22.8 Å². The molecule has 2 heterocycles. The molecule has 170 valence electrons. The number of rotatable bonds is 6. The van der Waals surface area contributed by atoms with Gasteiger partial charge >= 0.3 is 6.18 Å². The smallest absolute Gasteiger partial charge is 0.366 e. The molecule has 0 spiro atoms. The van der Waals surface area contributed by atoms with Crippen LogP contribution in [-0.2, 0) is 23.9 Å². The third-order valence-electron chi connectivity index (χ3n) is 5.06. The molecule has 0 aliphatic carbocycles. The molecule has 0 atom stereocenters. The maximum atomic E-state index is 13.5. The molecule has 2 amide bonds. The molecular formula is C22H19F3N6O2. The number of alkyl halides is 3. The van der Waals surface area contributed by atoms with Crippen LogP contribution in [0.25, 0.3) is 0 Å². The molecule has 0 bridgehead atoms. The van der Waals surface area contributed by atoms with Crippen LogP contribution in [0.5, 0.6) is 0 Å². The van der Waals surface area contributed by atoms with Gasteiger partial charge in [0.15, 0.2) is 0 Å². The Bertz CT molecular complexity index is 1260. The quantitative estimate of drug-likeness (QED) is 0.448. The van der Waals surface area contributed by atoms with Crippen LogP contribution >= 0.6 is 0 Å². The van der Waals surface area contributed by atoms with Crippen LogP contribution in [0.4, 0.5) is 36.3 Å². The number of carbonyl (C=O) groups is 2. The third-order valence-corrected chi connectivity index (χ3v) is 5.06. The summed E-state index contributed by atoms with van der Waals surface area (Å²) in [7, 11) is 0. The van der Waals surface area contributed by atoms with Gasteiger partial charge < -0.3 is 21.7 Å². The number of primary amides is 1. The average molecular weight is 456 g/mol. The highest BCUT2D eigenvalue weighted by Crippen LogP contribution is 2.35. The fraction of sp³-hybridized carbons (Fsp3) is 0.182. The Balaban J connectivity index is 1.61. The van der Waals surface area contributed by atoms with Crippen LogP contribution < -0.4 is 21.7 Å². The predicted molar refractivity (Wildman–Crippen MR) is 116 cm³/mol. The van der Waals surface area contributed by atoms with E-state index in [2.05, 4.69) is 25.9 Å². The van der Waals surface area contributed by atoms with Gasteiger partial charge in [0.25, 0.3) is 0 Å². The van der Waals surface area contributed by atoms with E-state index < -0.39 is 23.5 Å². The Morgan fingerprint density at radius 3 is 2.73 bits per heavy atom. The Labute approximate surface area is 186 Å². The summed E-state index contributed by atoms with van der Waals surface area (Å²) in [5.74, 6) is -1.33. The standard InChI is InChI=1S/C22H19F3N6O2/c1-11-2-3-12(15(6-11)19(26)33)9-27-20-16(22(23,24)25)10-28-21(31-20)29-14-4-5-17-13(7-14)8-18(32)30-17/h2-7,10H,8-9H2,1H3,(H2,26,33)(H,30,32)(H2,27,28,29,31). The molecular weight excluding hydrogens is 437 g/mol. The number of nitrogens with one attached hydrogen (secondary N) is 3. The minimum Gasteiger partial charge on any atom is -0.366 e. The zero-order chi connectivity index (χ0) is 23.8. The molecule has 33 heavy (non-hydrogen) atoms. The van der Waals surface area contributed by atoms with E-state index in [-0.39, 0.29) is 30.4 Å². The molecule has 1 aliphatic rings. The minimum atomic E-state index is -4.69. The summed E-state index contributed by atoms with van der Waals surface area (Å²) in [5, 5.41) is 8.21. The van der Waals surface area contributed by atoms with E-state index in [4.69, 9.17) is 5.73 Å². The second-order valence-electron chi connectivity index (χ2n) is 7.55. The molecule has 11 heteroatoms. The van der Waals surface area contributed by atoms with Gasteiger partial charge in [-0.25, -0.2) is 4.98 Å². The Kier molecular flexibility index (Phi) is 5.62. The number of aromatic nitrogens is 2. The number of carbonyl (C=O) groups excluding carboxylic acids is 2. The number of anilines is 4. The monoisotopic (exact) mass is 456 g/mol. The average Bonchev–Trinajstić information content (AvgIpc) is 3.11. The van der Waals surface area contributed by atoms with Gasteiger partial charge in [-0.15, -0.1) is 0 Å². The second-order valence-corrected chi connectivity index (χ2v) is 7.55. The van der Waals surface area contributed by atoms with Gasteiger partial charge in [-0.1, -0.05) is 17.7 Å². The lowest BCUT2D eigenvalue weighted by atomic mass is 10.0. The number of amides is 2. The number of nitrogens with two attached hydrogens (primary N) is 1. The maximum absolute atomic E-state index is 13.5. The van der Waals surface area contributed by atoms with E-state index in [0.29, 0.717) is 23.1 Å². The topological polar surface area (TPSA) is 122 Å². The predicted octanol–water partition coefficient (Wildman–Crippen LogP) is 3.75. The summed E-state index contributed by atoms with van der Waals surface area (Å²) >= 11 is 0.